The van der Waals surface area contributed by atoms with Gasteiger partial charge in [-0.2, -0.15) is 0 Å². The SMILES string of the molecule is Cc1cn(C)c(=O)c2ccc(F)cc12. The average Bonchev–Trinajstić information content (AvgIpc) is 2.14. The molecule has 0 aliphatic carbocycles. The standard InChI is InChI=1S/C11H10FNO/c1-7-6-13(2)11(14)9-4-3-8(12)5-10(7)9/h3-6H,1-2H3. The molecule has 0 unspecified atom stereocenters. The first-order valence-corrected chi connectivity index (χ1v) is 4.35. The van der Waals surface area contributed by atoms with Crippen molar-refractivity contribution in [3.05, 3.63) is 46.1 Å². The molecule has 2 nitrogen and oxygen atoms in total. The molecule has 0 saturated carbocycles. The Morgan fingerprint density at radius 3 is 2.71 bits per heavy atom. The zero-order valence-electron chi connectivity index (χ0n) is 8.04. The summed E-state index contributed by atoms with van der Waals surface area (Å²) in [6, 6.07) is 4.23. The molecule has 0 amide bonds. The van der Waals surface area contributed by atoms with Crippen LogP contribution in [0.15, 0.2) is 29.2 Å². The number of hydrogen-bond donors (Lipinski definition) is 0. The molecule has 0 fully saturated rings. The number of nitrogens with zero attached hydrogens (tertiary/aromatic N) is 1. The monoisotopic (exact) mass is 191 g/mol. The van der Waals surface area contributed by atoms with E-state index in [1.54, 1.807) is 13.2 Å². The van der Waals surface area contributed by atoms with Crippen LogP contribution in [-0.4, -0.2) is 4.57 Å². The first-order chi connectivity index (χ1) is 6.59. The highest BCUT2D eigenvalue weighted by atomic mass is 19.1. The number of rotatable bonds is 0. The van der Waals surface area contributed by atoms with Crippen molar-refractivity contribution in [3.63, 3.8) is 0 Å². The number of fused-ring (bicyclic) bond motifs is 1. The predicted molar refractivity (Wildman–Crippen MR) is 53.9 cm³/mol. The minimum Gasteiger partial charge on any atom is -0.318 e. The summed E-state index contributed by atoms with van der Waals surface area (Å²) in [5.41, 5.74) is 0.812. The van der Waals surface area contributed by atoms with Crippen molar-refractivity contribution < 1.29 is 4.39 Å². The number of hydrogen-bond acceptors (Lipinski definition) is 1. The Hall–Kier alpha value is -1.64. The maximum atomic E-state index is 12.9. The normalized spacial score (nSPS) is 10.8. The Balaban J connectivity index is 3.02. The van der Waals surface area contributed by atoms with Gasteiger partial charge in [0.1, 0.15) is 5.82 Å². The molecule has 1 aromatic heterocycles. The van der Waals surface area contributed by atoms with Gasteiger partial charge in [-0.3, -0.25) is 4.79 Å². The topological polar surface area (TPSA) is 22.0 Å². The summed E-state index contributed by atoms with van der Waals surface area (Å²) in [5, 5.41) is 1.25. The molecule has 0 aliphatic rings. The highest BCUT2D eigenvalue weighted by molar-refractivity contribution is 5.84. The molecule has 2 aromatic rings. The van der Waals surface area contributed by atoms with Crippen LogP contribution in [0.5, 0.6) is 0 Å². The molecular formula is C11H10FNO. The maximum Gasteiger partial charge on any atom is 0.258 e. The second-order valence-corrected chi connectivity index (χ2v) is 3.42. The molecule has 0 spiro atoms. The van der Waals surface area contributed by atoms with Crippen molar-refractivity contribution in [2.24, 2.45) is 7.05 Å². The third-order valence-electron chi connectivity index (χ3n) is 2.34. The van der Waals surface area contributed by atoms with Crippen LogP contribution in [0.1, 0.15) is 5.56 Å². The van der Waals surface area contributed by atoms with Gasteiger partial charge in [0.05, 0.1) is 0 Å². The van der Waals surface area contributed by atoms with E-state index in [1.165, 1.54) is 22.8 Å². The fraction of sp³-hybridized carbons (Fsp3) is 0.182. The smallest absolute Gasteiger partial charge is 0.258 e. The second-order valence-electron chi connectivity index (χ2n) is 3.42. The number of aromatic nitrogens is 1. The summed E-state index contributed by atoms with van der Waals surface area (Å²) >= 11 is 0. The fourth-order valence-corrected chi connectivity index (χ4v) is 1.64. The summed E-state index contributed by atoms with van der Waals surface area (Å²) in [5.74, 6) is -0.311. The van der Waals surface area contributed by atoms with Gasteiger partial charge in [0.2, 0.25) is 0 Å². The van der Waals surface area contributed by atoms with Gasteiger partial charge in [-0.25, -0.2) is 4.39 Å². The van der Waals surface area contributed by atoms with Crippen LogP contribution in [0.4, 0.5) is 4.39 Å². The van der Waals surface area contributed by atoms with Crippen LogP contribution in [0.3, 0.4) is 0 Å². The first kappa shape index (κ1) is 8.94. The Kier molecular flexibility index (Phi) is 1.88. The van der Waals surface area contributed by atoms with E-state index in [0.717, 1.165) is 5.56 Å². The lowest BCUT2D eigenvalue weighted by Gasteiger charge is -2.04. The number of aryl methyl sites for hydroxylation is 2. The third kappa shape index (κ3) is 1.21. The minimum atomic E-state index is -0.311. The molecule has 0 atom stereocenters. The second kappa shape index (κ2) is 2.94. The van der Waals surface area contributed by atoms with Gasteiger partial charge >= 0.3 is 0 Å². The zero-order valence-corrected chi connectivity index (χ0v) is 8.04. The minimum absolute atomic E-state index is 0.0920. The fourth-order valence-electron chi connectivity index (χ4n) is 1.64. The molecule has 0 aliphatic heterocycles. The lowest BCUT2D eigenvalue weighted by atomic mass is 10.1. The molecule has 0 bridgehead atoms. The Labute approximate surface area is 80.6 Å². The van der Waals surface area contributed by atoms with Crippen molar-refractivity contribution in [2.45, 2.75) is 6.92 Å². The summed E-state index contributed by atoms with van der Waals surface area (Å²) in [7, 11) is 1.69. The Morgan fingerprint density at radius 2 is 2.00 bits per heavy atom. The Bertz CT molecular complexity index is 557. The molecule has 0 N–H and O–H groups in total. The van der Waals surface area contributed by atoms with Crippen LogP contribution in [-0.2, 0) is 7.05 Å². The van der Waals surface area contributed by atoms with Gasteiger partial charge in [-0.05, 0) is 36.1 Å². The van der Waals surface area contributed by atoms with Crippen LogP contribution < -0.4 is 5.56 Å². The van der Waals surface area contributed by atoms with Gasteiger partial charge in [0, 0.05) is 18.6 Å². The van der Waals surface area contributed by atoms with E-state index in [0.29, 0.717) is 10.8 Å². The van der Waals surface area contributed by atoms with E-state index in [9.17, 15) is 9.18 Å². The highest BCUT2D eigenvalue weighted by Crippen LogP contribution is 2.15. The van der Waals surface area contributed by atoms with E-state index in [-0.39, 0.29) is 11.4 Å². The average molecular weight is 191 g/mol. The van der Waals surface area contributed by atoms with Crippen molar-refractivity contribution in [2.75, 3.05) is 0 Å². The third-order valence-corrected chi connectivity index (χ3v) is 2.34. The van der Waals surface area contributed by atoms with Crippen molar-refractivity contribution in [1.82, 2.24) is 4.57 Å². The van der Waals surface area contributed by atoms with Gasteiger partial charge in [0.25, 0.3) is 5.56 Å². The molecular weight excluding hydrogens is 181 g/mol. The molecule has 0 radical (unpaired) electrons. The van der Waals surface area contributed by atoms with E-state index in [1.807, 2.05) is 6.92 Å². The van der Waals surface area contributed by atoms with Crippen molar-refractivity contribution >= 4 is 10.8 Å². The molecule has 1 aromatic carbocycles. The molecule has 3 heteroatoms. The Morgan fingerprint density at radius 1 is 1.29 bits per heavy atom. The summed E-state index contributed by atoms with van der Waals surface area (Å²) < 4.78 is 14.4. The summed E-state index contributed by atoms with van der Waals surface area (Å²) in [4.78, 5) is 11.6. The maximum absolute atomic E-state index is 12.9. The van der Waals surface area contributed by atoms with Crippen LogP contribution >= 0.6 is 0 Å². The van der Waals surface area contributed by atoms with E-state index < -0.39 is 0 Å². The quantitative estimate of drug-likeness (QED) is 0.624. The van der Waals surface area contributed by atoms with Crippen LogP contribution in [0.25, 0.3) is 10.8 Å². The zero-order chi connectivity index (χ0) is 10.3. The van der Waals surface area contributed by atoms with Crippen LogP contribution in [0.2, 0.25) is 0 Å². The highest BCUT2D eigenvalue weighted by Gasteiger charge is 2.04. The predicted octanol–water partition coefficient (Wildman–Crippen LogP) is 1.99. The van der Waals surface area contributed by atoms with Gasteiger partial charge in [0.15, 0.2) is 0 Å². The number of pyridine rings is 1. The molecule has 1 heterocycles. The van der Waals surface area contributed by atoms with Gasteiger partial charge in [-0.1, -0.05) is 0 Å². The van der Waals surface area contributed by atoms with Crippen molar-refractivity contribution in [3.8, 4) is 0 Å². The van der Waals surface area contributed by atoms with Crippen molar-refractivity contribution in [1.29, 1.82) is 0 Å². The molecule has 0 saturated heterocycles. The van der Waals surface area contributed by atoms with E-state index >= 15 is 0 Å². The molecule has 14 heavy (non-hydrogen) atoms. The largest absolute Gasteiger partial charge is 0.318 e. The van der Waals surface area contributed by atoms with Crippen LogP contribution in [0, 0.1) is 12.7 Å². The lowest BCUT2D eigenvalue weighted by molar-refractivity contribution is 0.629. The lowest BCUT2D eigenvalue weighted by Crippen LogP contribution is -2.16. The molecule has 72 valence electrons. The van der Waals surface area contributed by atoms with Gasteiger partial charge in [-0.15, -0.1) is 0 Å². The summed E-state index contributed by atoms with van der Waals surface area (Å²) in [6.07, 6.45) is 1.71. The van der Waals surface area contributed by atoms with E-state index in [2.05, 4.69) is 0 Å². The number of halogens is 1. The first-order valence-electron chi connectivity index (χ1n) is 4.35. The number of benzene rings is 1. The van der Waals surface area contributed by atoms with Gasteiger partial charge < -0.3 is 4.57 Å². The summed E-state index contributed by atoms with van der Waals surface area (Å²) in [6.45, 7) is 1.86. The molecule has 2 rings (SSSR count). The van der Waals surface area contributed by atoms with E-state index in [4.69, 9.17) is 0 Å².